The van der Waals surface area contributed by atoms with Crippen LogP contribution in [0.2, 0.25) is 18.1 Å². The molecule has 192 valence electrons. The van der Waals surface area contributed by atoms with Crippen LogP contribution in [0.25, 0.3) is 0 Å². The fraction of sp³-hybridized carbons (Fsp3) is 0.867. The number of ether oxygens (including phenoxy) is 1. The van der Waals surface area contributed by atoms with E-state index in [2.05, 4.69) is 53.8 Å². The third kappa shape index (κ3) is 3.89. The summed E-state index contributed by atoms with van der Waals surface area (Å²) >= 11 is 0. The number of furan rings is 1. The number of rotatable bonds is 5. The second-order valence-corrected chi connectivity index (χ2v) is 19.2. The number of hydrogen-bond donors (Lipinski definition) is 0. The normalized spacial score (nSPS) is 42.7. The number of fused-ring (bicyclic) bond motifs is 5. The largest absolute Gasteiger partial charge is 0.472 e. The van der Waals surface area contributed by atoms with Crippen LogP contribution < -0.4 is 0 Å². The van der Waals surface area contributed by atoms with Gasteiger partial charge in [-0.05, 0) is 122 Å². The lowest BCUT2D eigenvalue weighted by atomic mass is 9.44. The van der Waals surface area contributed by atoms with Crippen molar-refractivity contribution in [1.82, 2.24) is 0 Å². The molecule has 0 bridgehead atoms. The molecule has 4 saturated carbocycles. The monoisotopic (exact) mass is 486 g/mol. The minimum atomic E-state index is -1.79. The van der Waals surface area contributed by atoms with E-state index in [4.69, 9.17) is 13.6 Å². The van der Waals surface area contributed by atoms with Crippen molar-refractivity contribution in [2.75, 3.05) is 6.79 Å². The van der Waals surface area contributed by atoms with Gasteiger partial charge in [0.2, 0.25) is 0 Å². The van der Waals surface area contributed by atoms with Crippen LogP contribution in [0.15, 0.2) is 23.0 Å². The van der Waals surface area contributed by atoms with Crippen molar-refractivity contribution in [2.24, 2.45) is 34.5 Å². The summed E-state index contributed by atoms with van der Waals surface area (Å²) in [7, 11) is -1.79. The zero-order chi connectivity index (χ0) is 24.4. The zero-order valence-electron chi connectivity index (χ0n) is 23.0. The summed E-state index contributed by atoms with van der Waals surface area (Å²) in [6.07, 6.45) is 16.5. The lowest BCUT2D eigenvalue weighted by Gasteiger charge is -2.62. The van der Waals surface area contributed by atoms with Crippen molar-refractivity contribution >= 4 is 8.32 Å². The smallest absolute Gasteiger partial charge is 0.195 e. The fourth-order valence-corrected chi connectivity index (χ4v) is 9.85. The first-order valence-corrected chi connectivity index (χ1v) is 17.2. The Morgan fingerprint density at radius 1 is 1.00 bits per heavy atom. The summed E-state index contributed by atoms with van der Waals surface area (Å²) in [5.41, 5.74) is 2.20. The first-order chi connectivity index (χ1) is 16.0. The Bertz CT molecular complexity index is 842. The van der Waals surface area contributed by atoms with Crippen molar-refractivity contribution in [1.29, 1.82) is 0 Å². The zero-order valence-corrected chi connectivity index (χ0v) is 24.0. The molecule has 3 nitrogen and oxygen atoms in total. The van der Waals surface area contributed by atoms with Gasteiger partial charge in [0.05, 0.1) is 18.6 Å². The molecule has 0 radical (unpaired) electrons. The van der Waals surface area contributed by atoms with Crippen LogP contribution in [0, 0.1) is 34.5 Å². The average Bonchev–Trinajstić information content (AvgIpc) is 3.40. The Balaban J connectivity index is 1.34. The van der Waals surface area contributed by atoms with E-state index in [1.165, 1.54) is 63.4 Å². The molecule has 4 heteroatoms. The van der Waals surface area contributed by atoms with Gasteiger partial charge in [-0.15, -0.1) is 0 Å². The van der Waals surface area contributed by atoms with E-state index in [1.807, 2.05) is 12.5 Å². The molecule has 8 atom stereocenters. The molecule has 1 aromatic rings. The van der Waals surface area contributed by atoms with Crippen LogP contribution in [0.3, 0.4) is 0 Å². The molecule has 0 aliphatic heterocycles. The SMILES string of the molecule is CC(C)(C)[Si](C)(C)OCOC1CCC[C@H]2CC[C@H]3[C@@H]4CC[C@H](c5ccoc5)[C@@]4(C)CC[C@@H]3[C@@]12C. The maximum absolute atomic E-state index is 6.75. The molecule has 34 heavy (non-hydrogen) atoms. The van der Waals surface area contributed by atoms with Crippen LogP contribution in [0.5, 0.6) is 0 Å². The molecular formula is C30H50O3Si. The highest BCUT2D eigenvalue weighted by Crippen LogP contribution is 2.69. The van der Waals surface area contributed by atoms with Crippen molar-refractivity contribution in [2.45, 2.75) is 123 Å². The summed E-state index contributed by atoms with van der Waals surface area (Å²) < 4.78 is 18.8. The van der Waals surface area contributed by atoms with Crippen molar-refractivity contribution in [3.05, 3.63) is 24.2 Å². The Morgan fingerprint density at radius 3 is 2.50 bits per heavy atom. The van der Waals surface area contributed by atoms with Gasteiger partial charge in [-0.2, -0.15) is 0 Å². The van der Waals surface area contributed by atoms with E-state index in [-0.39, 0.29) is 5.04 Å². The van der Waals surface area contributed by atoms with Crippen molar-refractivity contribution in [3.63, 3.8) is 0 Å². The highest BCUT2D eigenvalue weighted by molar-refractivity contribution is 6.74. The van der Waals surface area contributed by atoms with Gasteiger partial charge in [-0.3, -0.25) is 0 Å². The molecule has 4 aliphatic rings. The van der Waals surface area contributed by atoms with Gasteiger partial charge in [0.1, 0.15) is 6.79 Å². The van der Waals surface area contributed by atoms with E-state index in [9.17, 15) is 0 Å². The maximum Gasteiger partial charge on any atom is 0.195 e. The van der Waals surface area contributed by atoms with Crippen molar-refractivity contribution in [3.8, 4) is 0 Å². The van der Waals surface area contributed by atoms with Crippen LogP contribution in [-0.2, 0) is 9.16 Å². The highest BCUT2D eigenvalue weighted by atomic mass is 28.4. The first kappa shape index (κ1) is 25.1. The molecule has 0 aromatic carbocycles. The molecule has 0 spiro atoms. The van der Waals surface area contributed by atoms with Crippen LogP contribution in [0.1, 0.15) is 104 Å². The van der Waals surface area contributed by atoms with Gasteiger partial charge < -0.3 is 13.6 Å². The van der Waals surface area contributed by atoms with Gasteiger partial charge >= 0.3 is 0 Å². The molecule has 0 saturated heterocycles. The van der Waals surface area contributed by atoms with Gasteiger partial charge in [0, 0.05) is 0 Å². The minimum Gasteiger partial charge on any atom is -0.472 e. The topological polar surface area (TPSA) is 31.6 Å². The first-order valence-electron chi connectivity index (χ1n) is 14.3. The molecule has 0 amide bonds. The molecule has 4 aliphatic carbocycles. The highest BCUT2D eigenvalue weighted by Gasteiger charge is 2.62. The van der Waals surface area contributed by atoms with Gasteiger partial charge in [0.25, 0.3) is 0 Å². The Morgan fingerprint density at radius 2 is 1.79 bits per heavy atom. The summed E-state index contributed by atoms with van der Waals surface area (Å²) in [6.45, 7) is 17.4. The summed E-state index contributed by atoms with van der Waals surface area (Å²) in [5, 5.41) is 0.229. The third-order valence-corrected chi connectivity index (χ3v) is 16.6. The standard InChI is InChI=1S/C30H50O3Si/c1-28(2,3)34(6,7)33-20-32-27-10-8-9-22-11-12-23-25-14-13-24(21-16-18-31-19-21)29(25,4)17-15-26(23)30(22,27)5/h16,18-19,22-27H,8-15,17,20H2,1-7H3/t22-,23-,24+,25-,26-,27?,29+,30-/m0/s1. The van der Waals surface area contributed by atoms with Crippen LogP contribution >= 0.6 is 0 Å². The van der Waals surface area contributed by atoms with Gasteiger partial charge in [-0.1, -0.05) is 41.0 Å². The molecule has 1 unspecified atom stereocenters. The van der Waals surface area contributed by atoms with E-state index in [0.717, 1.165) is 23.7 Å². The quantitative estimate of drug-likeness (QED) is 0.308. The van der Waals surface area contributed by atoms with E-state index < -0.39 is 8.32 Å². The van der Waals surface area contributed by atoms with Crippen LogP contribution in [-0.4, -0.2) is 21.2 Å². The summed E-state index contributed by atoms with van der Waals surface area (Å²) in [5.74, 6) is 4.04. The molecular weight excluding hydrogens is 436 g/mol. The molecule has 1 heterocycles. The van der Waals surface area contributed by atoms with Crippen molar-refractivity contribution < 1.29 is 13.6 Å². The Hall–Kier alpha value is -0.583. The van der Waals surface area contributed by atoms with E-state index in [1.54, 1.807) is 0 Å². The second-order valence-electron chi connectivity index (χ2n) is 14.4. The predicted molar refractivity (Wildman–Crippen MR) is 141 cm³/mol. The third-order valence-electron chi connectivity index (χ3n) is 12.1. The molecule has 5 rings (SSSR count). The maximum atomic E-state index is 6.75. The van der Waals surface area contributed by atoms with Crippen LogP contribution in [0.4, 0.5) is 0 Å². The molecule has 4 fully saturated rings. The second kappa shape index (κ2) is 8.77. The van der Waals surface area contributed by atoms with Gasteiger partial charge in [-0.25, -0.2) is 0 Å². The summed E-state index contributed by atoms with van der Waals surface area (Å²) in [6, 6.07) is 2.23. The predicted octanol–water partition coefficient (Wildman–Crippen LogP) is 8.77. The minimum absolute atomic E-state index is 0.229. The molecule has 0 N–H and O–H groups in total. The fourth-order valence-electron chi connectivity index (χ4n) is 9.05. The summed E-state index contributed by atoms with van der Waals surface area (Å²) in [4.78, 5) is 0. The molecule has 1 aromatic heterocycles. The lowest BCUT2D eigenvalue weighted by molar-refractivity contribution is -0.196. The average molecular weight is 487 g/mol. The van der Waals surface area contributed by atoms with Gasteiger partial charge in [0.15, 0.2) is 8.32 Å². The van der Waals surface area contributed by atoms with E-state index in [0.29, 0.717) is 29.6 Å². The lowest BCUT2D eigenvalue weighted by Crippen LogP contribution is -2.58. The Labute approximate surface area is 209 Å². The number of hydrogen-bond acceptors (Lipinski definition) is 3. The Kier molecular flexibility index (Phi) is 6.47. The van der Waals surface area contributed by atoms with E-state index >= 15 is 0 Å².